The van der Waals surface area contributed by atoms with Crippen LogP contribution in [-0.4, -0.2) is 50.7 Å². The minimum absolute atomic E-state index is 0.0133. The van der Waals surface area contributed by atoms with Crippen LogP contribution in [0.2, 0.25) is 0 Å². The van der Waals surface area contributed by atoms with E-state index in [9.17, 15) is 14.4 Å². The summed E-state index contributed by atoms with van der Waals surface area (Å²) in [6.07, 6.45) is 2.28. The highest BCUT2D eigenvalue weighted by Gasteiger charge is 2.31. The van der Waals surface area contributed by atoms with E-state index in [1.165, 1.54) is 6.20 Å². The van der Waals surface area contributed by atoms with Gasteiger partial charge in [0.2, 0.25) is 5.91 Å². The third-order valence-electron chi connectivity index (χ3n) is 4.90. The molecular weight excluding hydrogens is 344 g/mol. The van der Waals surface area contributed by atoms with Crippen molar-refractivity contribution in [3.63, 3.8) is 0 Å². The normalized spacial score (nSPS) is 17.7. The van der Waals surface area contributed by atoms with Gasteiger partial charge in [0.15, 0.2) is 0 Å². The number of nitrogens with zero attached hydrogens (tertiary/aromatic N) is 3. The van der Waals surface area contributed by atoms with Crippen molar-refractivity contribution in [2.24, 2.45) is 0 Å². The molecule has 3 rings (SSSR count). The van der Waals surface area contributed by atoms with E-state index in [4.69, 9.17) is 0 Å². The number of rotatable bonds is 4. The van der Waals surface area contributed by atoms with Gasteiger partial charge in [-0.15, -0.1) is 0 Å². The summed E-state index contributed by atoms with van der Waals surface area (Å²) in [6.45, 7) is 4.89. The first-order chi connectivity index (χ1) is 13.0. The highest BCUT2D eigenvalue weighted by molar-refractivity contribution is 5.94. The molecule has 0 unspecified atom stereocenters. The van der Waals surface area contributed by atoms with Gasteiger partial charge in [-0.1, -0.05) is 37.3 Å². The van der Waals surface area contributed by atoms with Crippen LogP contribution in [0.5, 0.6) is 0 Å². The summed E-state index contributed by atoms with van der Waals surface area (Å²) in [5, 5.41) is 0. The van der Waals surface area contributed by atoms with Crippen molar-refractivity contribution in [1.29, 1.82) is 0 Å². The molecule has 1 aliphatic heterocycles. The third kappa shape index (κ3) is 4.24. The Hall–Kier alpha value is -2.96. The topological polar surface area (TPSA) is 86.4 Å². The number of nitrogens with one attached hydrogen (secondary N) is 1. The Morgan fingerprint density at radius 1 is 1.26 bits per heavy atom. The lowest BCUT2D eigenvalue weighted by Gasteiger charge is -2.31. The fraction of sp³-hybridized carbons (Fsp3) is 0.400. The quantitative estimate of drug-likeness (QED) is 0.890. The Morgan fingerprint density at radius 2 is 2.00 bits per heavy atom. The number of carbonyl (C=O) groups excluding carboxylic acids is 2. The number of hydrogen-bond donors (Lipinski definition) is 1. The number of H-pyrrole nitrogens is 1. The van der Waals surface area contributed by atoms with Crippen molar-refractivity contribution < 1.29 is 9.59 Å². The zero-order valence-electron chi connectivity index (χ0n) is 15.6. The Morgan fingerprint density at radius 3 is 2.67 bits per heavy atom. The van der Waals surface area contributed by atoms with E-state index in [1.54, 1.807) is 11.8 Å². The van der Waals surface area contributed by atoms with Crippen LogP contribution in [0.4, 0.5) is 0 Å². The first-order valence-corrected chi connectivity index (χ1v) is 9.18. The van der Waals surface area contributed by atoms with Gasteiger partial charge in [-0.05, 0) is 18.9 Å². The molecule has 2 heterocycles. The van der Waals surface area contributed by atoms with Crippen LogP contribution >= 0.6 is 0 Å². The number of hydrogen-bond acceptors (Lipinski definition) is 4. The van der Waals surface area contributed by atoms with Gasteiger partial charge in [-0.25, -0.2) is 4.98 Å². The van der Waals surface area contributed by atoms with Crippen molar-refractivity contribution >= 4 is 11.8 Å². The maximum atomic E-state index is 12.9. The van der Waals surface area contributed by atoms with Gasteiger partial charge in [0.05, 0.1) is 0 Å². The lowest BCUT2D eigenvalue weighted by Crippen LogP contribution is -2.44. The molecule has 142 valence electrons. The molecule has 1 fully saturated rings. The predicted molar refractivity (Wildman–Crippen MR) is 101 cm³/mol. The summed E-state index contributed by atoms with van der Waals surface area (Å²) in [4.78, 5) is 47.7. The minimum Gasteiger partial charge on any atom is -0.336 e. The molecule has 1 aliphatic rings. The number of aromatic nitrogens is 2. The van der Waals surface area contributed by atoms with E-state index >= 15 is 0 Å². The molecule has 7 nitrogen and oxygen atoms in total. The average Bonchev–Trinajstić information content (AvgIpc) is 2.82. The fourth-order valence-corrected chi connectivity index (χ4v) is 3.36. The predicted octanol–water partition coefficient (Wildman–Crippen LogP) is 1.73. The van der Waals surface area contributed by atoms with E-state index in [0.29, 0.717) is 25.5 Å². The van der Waals surface area contributed by atoms with Crippen molar-refractivity contribution in [2.45, 2.75) is 39.3 Å². The molecule has 1 atom stereocenters. The van der Waals surface area contributed by atoms with Crippen molar-refractivity contribution in [2.75, 3.05) is 13.1 Å². The molecule has 1 aromatic carbocycles. The summed E-state index contributed by atoms with van der Waals surface area (Å²) >= 11 is 0. The Balaban J connectivity index is 1.81. The number of benzene rings is 1. The van der Waals surface area contributed by atoms with Gasteiger partial charge in [0, 0.05) is 38.3 Å². The largest absolute Gasteiger partial charge is 0.336 e. The first-order valence-electron chi connectivity index (χ1n) is 9.18. The van der Waals surface area contributed by atoms with Crippen molar-refractivity contribution in [3.05, 3.63) is 63.8 Å². The zero-order chi connectivity index (χ0) is 19.4. The smallest absolute Gasteiger partial charge is 0.263 e. The molecule has 0 spiro atoms. The summed E-state index contributed by atoms with van der Waals surface area (Å²) in [7, 11) is 0. The number of carbonyl (C=O) groups is 2. The standard InChI is InChI=1S/C20H24N4O3/c1-3-16-13-23(20(27)17-11-21-14(2)22-19(17)26)10-9-18(25)24(16)12-15-7-5-4-6-8-15/h4-8,11,16H,3,9-10,12-13H2,1-2H3,(H,21,22,26)/t16-/m0/s1. The molecule has 1 aromatic heterocycles. The molecule has 2 amide bonds. The molecule has 0 saturated carbocycles. The van der Waals surface area contributed by atoms with Gasteiger partial charge < -0.3 is 14.8 Å². The highest BCUT2D eigenvalue weighted by Crippen LogP contribution is 2.18. The molecule has 27 heavy (non-hydrogen) atoms. The van der Waals surface area contributed by atoms with Gasteiger partial charge in [0.1, 0.15) is 11.4 Å². The van der Waals surface area contributed by atoms with Crippen LogP contribution in [0.1, 0.15) is 41.5 Å². The first kappa shape index (κ1) is 18.8. The highest BCUT2D eigenvalue weighted by atomic mass is 16.2. The van der Waals surface area contributed by atoms with Crippen LogP contribution in [0.25, 0.3) is 0 Å². The molecule has 0 radical (unpaired) electrons. The van der Waals surface area contributed by atoms with Crippen molar-refractivity contribution in [3.8, 4) is 0 Å². The maximum Gasteiger partial charge on any atom is 0.263 e. The van der Waals surface area contributed by atoms with Crippen LogP contribution in [0, 0.1) is 6.92 Å². The van der Waals surface area contributed by atoms with E-state index < -0.39 is 5.56 Å². The lowest BCUT2D eigenvalue weighted by atomic mass is 10.1. The summed E-state index contributed by atoms with van der Waals surface area (Å²) < 4.78 is 0. The van der Waals surface area contributed by atoms with Gasteiger partial charge in [-0.2, -0.15) is 0 Å². The number of amides is 2. The molecule has 1 N–H and O–H groups in total. The number of aryl methyl sites for hydroxylation is 1. The lowest BCUT2D eigenvalue weighted by molar-refractivity contribution is -0.133. The molecule has 1 saturated heterocycles. The van der Waals surface area contributed by atoms with Gasteiger partial charge in [0.25, 0.3) is 11.5 Å². The monoisotopic (exact) mass is 368 g/mol. The molecule has 7 heteroatoms. The van der Waals surface area contributed by atoms with Crippen LogP contribution < -0.4 is 5.56 Å². The van der Waals surface area contributed by atoms with Gasteiger partial charge >= 0.3 is 0 Å². The van der Waals surface area contributed by atoms with Gasteiger partial charge in [-0.3, -0.25) is 14.4 Å². The molecular formula is C20H24N4O3. The minimum atomic E-state index is -0.447. The zero-order valence-corrected chi connectivity index (χ0v) is 15.6. The third-order valence-corrected chi connectivity index (χ3v) is 4.90. The SMILES string of the molecule is CC[C@H]1CN(C(=O)c2cnc(C)[nH]c2=O)CCC(=O)N1Cc1ccccc1. The maximum absolute atomic E-state index is 12.9. The van der Waals surface area contributed by atoms with E-state index in [2.05, 4.69) is 9.97 Å². The van der Waals surface area contributed by atoms with E-state index in [-0.39, 0.29) is 29.8 Å². The second kappa shape index (κ2) is 8.16. The van der Waals surface area contributed by atoms with Crippen LogP contribution in [-0.2, 0) is 11.3 Å². The summed E-state index contributed by atoms with van der Waals surface area (Å²) in [5.74, 6) is 0.108. The second-order valence-electron chi connectivity index (χ2n) is 6.78. The van der Waals surface area contributed by atoms with E-state index in [1.807, 2.05) is 42.2 Å². The Kier molecular flexibility index (Phi) is 5.69. The van der Waals surface area contributed by atoms with E-state index in [0.717, 1.165) is 12.0 Å². The Bertz CT molecular complexity index is 878. The van der Waals surface area contributed by atoms with Crippen LogP contribution in [0.15, 0.2) is 41.3 Å². The van der Waals surface area contributed by atoms with Crippen LogP contribution in [0.3, 0.4) is 0 Å². The Labute approximate surface area is 158 Å². The summed E-state index contributed by atoms with van der Waals surface area (Å²) in [6, 6.07) is 9.73. The second-order valence-corrected chi connectivity index (χ2v) is 6.78. The number of aromatic amines is 1. The molecule has 2 aromatic rings. The fourth-order valence-electron chi connectivity index (χ4n) is 3.36. The van der Waals surface area contributed by atoms with Crippen molar-refractivity contribution in [1.82, 2.24) is 19.8 Å². The summed E-state index contributed by atoms with van der Waals surface area (Å²) in [5.41, 5.74) is 0.625. The molecule has 0 aliphatic carbocycles. The average molecular weight is 368 g/mol. The molecule has 0 bridgehead atoms.